The van der Waals surface area contributed by atoms with Gasteiger partial charge in [0.25, 0.3) is 11.8 Å². The van der Waals surface area contributed by atoms with E-state index in [1.54, 1.807) is 36.0 Å². The van der Waals surface area contributed by atoms with Crippen molar-refractivity contribution in [3.8, 4) is 0 Å². The van der Waals surface area contributed by atoms with Gasteiger partial charge in [0.1, 0.15) is 0 Å². The number of thioether (sulfide) groups is 1. The first-order chi connectivity index (χ1) is 14.2. The molecule has 0 spiro atoms. The van der Waals surface area contributed by atoms with Gasteiger partial charge in [-0.25, -0.2) is 0 Å². The fourth-order valence-electron chi connectivity index (χ4n) is 2.85. The van der Waals surface area contributed by atoms with Gasteiger partial charge in [-0.15, -0.1) is 11.8 Å². The lowest BCUT2D eigenvalue weighted by Gasteiger charge is -2.13. The van der Waals surface area contributed by atoms with Crippen molar-refractivity contribution in [2.24, 2.45) is 0 Å². The summed E-state index contributed by atoms with van der Waals surface area (Å²) in [6.07, 6.45) is 1.03. The number of carbonyl (C=O) groups is 2. The highest BCUT2D eigenvalue weighted by Gasteiger charge is 2.16. The van der Waals surface area contributed by atoms with E-state index in [9.17, 15) is 9.59 Å². The van der Waals surface area contributed by atoms with Crippen LogP contribution in [-0.4, -0.2) is 17.6 Å². The number of hydrogen-bond donors (Lipinski definition) is 2. The Kier molecular flexibility index (Phi) is 7.47. The number of anilines is 1. The van der Waals surface area contributed by atoms with Gasteiger partial charge >= 0.3 is 0 Å². The number of nitrogens with one attached hydrogen (secondary N) is 2. The summed E-state index contributed by atoms with van der Waals surface area (Å²) in [6, 6.07) is 24.3. The number of benzene rings is 3. The monoisotopic (exact) mass is 404 g/mol. The smallest absolute Gasteiger partial charge is 0.256 e. The van der Waals surface area contributed by atoms with Gasteiger partial charge in [0, 0.05) is 11.4 Å². The minimum absolute atomic E-state index is 0.215. The fraction of sp³-hybridized carbons (Fsp3) is 0.167. The molecule has 0 aliphatic heterocycles. The molecule has 0 saturated heterocycles. The van der Waals surface area contributed by atoms with Gasteiger partial charge in [-0.05, 0) is 42.0 Å². The fourth-order valence-corrected chi connectivity index (χ4v) is 3.76. The molecule has 4 nitrogen and oxygen atoms in total. The van der Waals surface area contributed by atoms with Crippen LogP contribution in [0.25, 0.3) is 0 Å². The van der Waals surface area contributed by atoms with Crippen LogP contribution in [-0.2, 0) is 6.54 Å². The van der Waals surface area contributed by atoms with Crippen molar-refractivity contribution < 1.29 is 9.59 Å². The van der Waals surface area contributed by atoms with Crippen LogP contribution in [0.1, 0.15) is 39.6 Å². The molecular weight excluding hydrogens is 380 g/mol. The van der Waals surface area contributed by atoms with E-state index < -0.39 is 0 Å². The van der Waals surface area contributed by atoms with Crippen molar-refractivity contribution in [2.75, 3.05) is 11.1 Å². The molecule has 5 heteroatoms. The standard InChI is InChI=1S/C24H24N2O2S/c1-2-16-29-22-15-9-7-13-20(22)24(28)26-21-14-8-6-12-19(21)23(27)25-17-18-10-4-3-5-11-18/h3-15H,2,16-17H2,1H3,(H,25,27)(H,26,28). The Morgan fingerprint density at radius 1 is 0.793 bits per heavy atom. The topological polar surface area (TPSA) is 58.2 Å². The average molecular weight is 405 g/mol. The predicted octanol–water partition coefficient (Wildman–Crippen LogP) is 5.37. The Balaban J connectivity index is 1.74. The Bertz CT molecular complexity index is 973. The molecule has 0 aliphatic rings. The maximum absolute atomic E-state index is 12.9. The van der Waals surface area contributed by atoms with Gasteiger partial charge in [-0.3, -0.25) is 9.59 Å². The van der Waals surface area contributed by atoms with Crippen LogP contribution in [0.5, 0.6) is 0 Å². The summed E-state index contributed by atoms with van der Waals surface area (Å²) in [5.41, 5.74) is 2.57. The second-order valence-electron chi connectivity index (χ2n) is 6.51. The van der Waals surface area contributed by atoms with Crippen LogP contribution in [0.15, 0.2) is 83.8 Å². The Morgan fingerprint density at radius 2 is 1.45 bits per heavy atom. The first-order valence-electron chi connectivity index (χ1n) is 9.63. The van der Waals surface area contributed by atoms with Crippen LogP contribution in [0.3, 0.4) is 0 Å². The SMILES string of the molecule is CCCSc1ccccc1C(=O)Nc1ccccc1C(=O)NCc1ccccc1. The summed E-state index contributed by atoms with van der Waals surface area (Å²) >= 11 is 1.66. The van der Waals surface area contributed by atoms with E-state index in [-0.39, 0.29) is 11.8 Å². The average Bonchev–Trinajstić information content (AvgIpc) is 2.77. The molecular formula is C24H24N2O2S. The van der Waals surface area contributed by atoms with Gasteiger partial charge in [0.15, 0.2) is 0 Å². The molecule has 0 unspecified atom stereocenters. The van der Waals surface area contributed by atoms with Gasteiger partial charge in [0.2, 0.25) is 0 Å². The Labute approximate surface area is 175 Å². The number of para-hydroxylation sites is 1. The van der Waals surface area contributed by atoms with Crippen molar-refractivity contribution in [3.05, 3.63) is 95.6 Å². The molecule has 0 aliphatic carbocycles. The molecule has 0 saturated carbocycles. The molecule has 29 heavy (non-hydrogen) atoms. The molecule has 2 amide bonds. The lowest BCUT2D eigenvalue weighted by Crippen LogP contribution is -2.25. The number of amides is 2. The van der Waals surface area contributed by atoms with Gasteiger partial charge in [-0.1, -0.05) is 61.5 Å². The van der Waals surface area contributed by atoms with Gasteiger partial charge < -0.3 is 10.6 Å². The molecule has 0 fully saturated rings. The summed E-state index contributed by atoms with van der Waals surface area (Å²) < 4.78 is 0. The molecule has 3 rings (SSSR count). The molecule has 0 radical (unpaired) electrons. The minimum atomic E-state index is -0.224. The summed E-state index contributed by atoms with van der Waals surface area (Å²) in [5.74, 6) is 0.508. The van der Waals surface area contributed by atoms with Gasteiger partial charge in [-0.2, -0.15) is 0 Å². The van der Waals surface area contributed by atoms with Gasteiger partial charge in [0.05, 0.1) is 16.8 Å². The van der Waals surface area contributed by atoms with Crippen molar-refractivity contribution in [1.29, 1.82) is 0 Å². The molecule has 148 valence electrons. The van der Waals surface area contributed by atoms with E-state index in [0.717, 1.165) is 22.6 Å². The number of carbonyl (C=O) groups excluding carboxylic acids is 2. The van der Waals surface area contributed by atoms with E-state index in [1.165, 1.54) is 0 Å². The van der Waals surface area contributed by atoms with E-state index in [4.69, 9.17) is 0 Å². The molecule has 2 N–H and O–H groups in total. The highest BCUT2D eigenvalue weighted by Crippen LogP contribution is 2.25. The third-order valence-electron chi connectivity index (χ3n) is 4.31. The third kappa shape index (κ3) is 5.72. The lowest BCUT2D eigenvalue weighted by molar-refractivity contribution is 0.0952. The Hall–Kier alpha value is -3.05. The maximum atomic E-state index is 12.9. The highest BCUT2D eigenvalue weighted by molar-refractivity contribution is 7.99. The third-order valence-corrected chi connectivity index (χ3v) is 5.59. The van der Waals surface area contributed by atoms with Crippen LogP contribution in [0, 0.1) is 0 Å². The van der Waals surface area contributed by atoms with Crippen LogP contribution in [0.2, 0.25) is 0 Å². The van der Waals surface area contributed by atoms with Crippen molar-refractivity contribution in [3.63, 3.8) is 0 Å². The number of rotatable bonds is 8. The van der Waals surface area contributed by atoms with E-state index in [2.05, 4.69) is 17.6 Å². The number of hydrogen-bond acceptors (Lipinski definition) is 3. The zero-order valence-corrected chi connectivity index (χ0v) is 17.2. The van der Waals surface area contributed by atoms with E-state index >= 15 is 0 Å². The largest absolute Gasteiger partial charge is 0.348 e. The Morgan fingerprint density at radius 3 is 2.21 bits per heavy atom. The second kappa shape index (κ2) is 10.5. The summed E-state index contributed by atoms with van der Waals surface area (Å²) in [4.78, 5) is 26.5. The summed E-state index contributed by atoms with van der Waals surface area (Å²) in [7, 11) is 0. The minimum Gasteiger partial charge on any atom is -0.348 e. The normalized spacial score (nSPS) is 10.4. The first kappa shape index (κ1) is 20.7. The van der Waals surface area contributed by atoms with E-state index in [0.29, 0.717) is 23.4 Å². The highest BCUT2D eigenvalue weighted by atomic mass is 32.2. The van der Waals surface area contributed by atoms with Crippen molar-refractivity contribution in [2.45, 2.75) is 24.8 Å². The van der Waals surface area contributed by atoms with Crippen LogP contribution in [0.4, 0.5) is 5.69 Å². The van der Waals surface area contributed by atoms with Crippen molar-refractivity contribution >= 4 is 29.3 Å². The molecule has 0 bridgehead atoms. The molecule has 0 heterocycles. The summed E-state index contributed by atoms with van der Waals surface area (Å²) in [6.45, 7) is 2.54. The maximum Gasteiger partial charge on any atom is 0.256 e. The first-order valence-corrected chi connectivity index (χ1v) is 10.6. The quantitative estimate of drug-likeness (QED) is 0.496. The second-order valence-corrected chi connectivity index (χ2v) is 7.65. The molecule has 3 aromatic carbocycles. The van der Waals surface area contributed by atoms with Crippen LogP contribution >= 0.6 is 11.8 Å². The summed E-state index contributed by atoms with van der Waals surface area (Å²) in [5, 5.41) is 5.82. The van der Waals surface area contributed by atoms with Crippen molar-refractivity contribution in [1.82, 2.24) is 5.32 Å². The zero-order valence-electron chi connectivity index (χ0n) is 16.4. The van der Waals surface area contributed by atoms with Crippen LogP contribution < -0.4 is 10.6 Å². The molecule has 3 aromatic rings. The molecule has 0 aromatic heterocycles. The predicted molar refractivity (Wildman–Crippen MR) is 119 cm³/mol. The van der Waals surface area contributed by atoms with E-state index in [1.807, 2.05) is 54.6 Å². The lowest BCUT2D eigenvalue weighted by atomic mass is 10.1. The molecule has 0 atom stereocenters. The zero-order chi connectivity index (χ0) is 20.5.